The van der Waals surface area contributed by atoms with Gasteiger partial charge in [0.15, 0.2) is 5.69 Å². The SMILES string of the molecule is CCc1[nH]nc(C(=O)NCC(O)c2ccsc2)c1N. The lowest BCUT2D eigenvalue weighted by Gasteiger charge is -2.09. The van der Waals surface area contributed by atoms with Crippen LogP contribution in [-0.2, 0) is 6.42 Å². The van der Waals surface area contributed by atoms with E-state index in [-0.39, 0.29) is 18.1 Å². The molecule has 2 rings (SSSR count). The second-order valence-electron chi connectivity index (χ2n) is 4.10. The summed E-state index contributed by atoms with van der Waals surface area (Å²) >= 11 is 1.50. The molecule has 0 aliphatic heterocycles. The number of nitrogens with one attached hydrogen (secondary N) is 2. The third-order valence-electron chi connectivity index (χ3n) is 2.84. The molecule has 0 fully saturated rings. The Morgan fingerprint density at radius 2 is 2.47 bits per heavy atom. The first-order chi connectivity index (χ1) is 9.13. The van der Waals surface area contributed by atoms with E-state index in [1.807, 2.05) is 23.8 Å². The maximum Gasteiger partial charge on any atom is 0.274 e. The number of nitrogens with zero attached hydrogens (tertiary/aromatic N) is 1. The van der Waals surface area contributed by atoms with Crippen molar-refractivity contribution in [3.05, 3.63) is 33.8 Å². The van der Waals surface area contributed by atoms with Gasteiger partial charge in [-0.1, -0.05) is 6.92 Å². The van der Waals surface area contributed by atoms with Crippen molar-refractivity contribution in [1.82, 2.24) is 15.5 Å². The summed E-state index contributed by atoms with van der Waals surface area (Å²) in [4.78, 5) is 11.9. The Labute approximate surface area is 114 Å². The number of aromatic nitrogens is 2. The number of hydrogen-bond acceptors (Lipinski definition) is 5. The summed E-state index contributed by atoms with van der Waals surface area (Å²) in [6, 6.07) is 1.82. The molecular weight excluding hydrogens is 264 g/mol. The lowest BCUT2D eigenvalue weighted by atomic mass is 10.2. The molecule has 0 saturated heterocycles. The number of nitrogens with two attached hydrogens (primary N) is 1. The highest BCUT2D eigenvalue weighted by molar-refractivity contribution is 7.07. The molecule has 7 heteroatoms. The lowest BCUT2D eigenvalue weighted by Crippen LogP contribution is -2.29. The molecule has 2 aromatic rings. The Balaban J connectivity index is 1.96. The van der Waals surface area contributed by atoms with E-state index in [9.17, 15) is 9.90 Å². The van der Waals surface area contributed by atoms with E-state index in [1.54, 1.807) is 0 Å². The molecule has 6 nitrogen and oxygen atoms in total. The number of carbonyl (C=O) groups is 1. The zero-order valence-corrected chi connectivity index (χ0v) is 11.3. The van der Waals surface area contributed by atoms with Gasteiger partial charge in [-0.15, -0.1) is 0 Å². The van der Waals surface area contributed by atoms with Gasteiger partial charge in [-0.3, -0.25) is 9.89 Å². The minimum absolute atomic E-state index is 0.128. The molecule has 2 aromatic heterocycles. The number of amides is 1. The second kappa shape index (κ2) is 5.85. The van der Waals surface area contributed by atoms with Crippen LogP contribution in [0.3, 0.4) is 0 Å². The summed E-state index contributed by atoms with van der Waals surface area (Å²) < 4.78 is 0. The van der Waals surface area contributed by atoms with Gasteiger partial charge in [-0.05, 0) is 28.8 Å². The first kappa shape index (κ1) is 13.6. The van der Waals surface area contributed by atoms with Crippen molar-refractivity contribution in [2.24, 2.45) is 0 Å². The van der Waals surface area contributed by atoms with Crippen LogP contribution in [0.1, 0.15) is 34.8 Å². The molecular formula is C12H16N4O2S. The molecule has 1 unspecified atom stereocenters. The van der Waals surface area contributed by atoms with Gasteiger partial charge in [0, 0.05) is 6.54 Å². The smallest absolute Gasteiger partial charge is 0.274 e. The number of anilines is 1. The number of aryl methyl sites for hydroxylation is 1. The van der Waals surface area contributed by atoms with E-state index < -0.39 is 6.10 Å². The maximum atomic E-state index is 11.9. The van der Waals surface area contributed by atoms with Crippen LogP contribution in [-0.4, -0.2) is 27.8 Å². The Morgan fingerprint density at radius 3 is 3.05 bits per heavy atom. The van der Waals surface area contributed by atoms with Crippen molar-refractivity contribution >= 4 is 22.9 Å². The summed E-state index contributed by atoms with van der Waals surface area (Å²) in [5.74, 6) is -0.386. The molecule has 5 N–H and O–H groups in total. The number of hydrogen-bond donors (Lipinski definition) is 4. The summed E-state index contributed by atoms with van der Waals surface area (Å²) in [5.41, 5.74) is 7.87. The number of aliphatic hydroxyl groups is 1. The van der Waals surface area contributed by atoms with E-state index >= 15 is 0 Å². The molecule has 1 atom stereocenters. The average molecular weight is 280 g/mol. The maximum absolute atomic E-state index is 11.9. The van der Waals surface area contributed by atoms with E-state index in [0.717, 1.165) is 11.3 Å². The molecule has 0 radical (unpaired) electrons. The van der Waals surface area contributed by atoms with E-state index in [4.69, 9.17) is 5.73 Å². The number of H-pyrrole nitrogens is 1. The van der Waals surface area contributed by atoms with Crippen LogP contribution in [0.15, 0.2) is 16.8 Å². The van der Waals surface area contributed by atoms with Gasteiger partial charge in [-0.25, -0.2) is 0 Å². The Kier molecular flexibility index (Phi) is 4.18. The number of rotatable bonds is 5. The Morgan fingerprint density at radius 1 is 1.68 bits per heavy atom. The number of carbonyl (C=O) groups excluding carboxylic acids is 1. The molecule has 0 bridgehead atoms. The van der Waals surface area contributed by atoms with E-state index in [2.05, 4.69) is 15.5 Å². The van der Waals surface area contributed by atoms with Crippen molar-refractivity contribution in [3.63, 3.8) is 0 Å². The molecule has 102 valence electrons. The number of aliphatic hydroxyl groups excluding tert-OH is 1. The minimum Gasteiger partial charge on any atom is -0.395 e. The van der Waals surface area contributed by atoms with Crippen LogP contribution in [0.2, 0.25) is 0 Å². The molecule has 0 aromatic carbocycles. The monoisotopic (exact) mass is 280 g/mol. The largest absolute Gasteiger partial charge is 0.395 e. The van der Waals surface area contributed by atoms with Gasteiger partial charge >= 0.3 is 0 Å². The van der Waals surface area contributed by atoms with Crippen molar-refractivity contribution < 1.29 is 9.90 Å². The first-order valence-electron chi connectivity index (χ1n) is 5.94. The zero-order chi connectivity index (χ0) is 13.8. The molecule has 0 aliphatic carbocycles. The van der Waals surface area contributed by atoms with E-state index in [0.29, 0.717) is 12.1 Å². The molecule has 0 saturated carbocycles. The van der Waals surface area contributed by atoms with Crippen LogP contribution in [0, 0.1) is 0 Å². The third kappa shape index (κ3) is 2.94. The number of thiophene rings is 1. The molecule has 19 heavy (non-hydrogen) atoms. The normalized spacial score (nSPS) is 12.3. The van der Waals surface area contributed by atoms with Crippen molar-refractivity contribution in [2.45, 2.75) is 19.4 Å². The van der Waals surface area contributed by atoms with Crippen LogP contribution in [0.25, 0.3) is 0 Å². The quantitative estimate of drug-likeness (QED) is 0.658. The summed E-state index contributed by atoms with van der Waals surface area (Å²) in [7, 11) is 0. The predicted octanol–water partition coefficient (Wildman–Crippen LogP) is 1.08. The third-order valence-corrected chi connectivity index (χ3v) is 3.54. The van der Waals surface area contributed by atoms with Gasteiger partial charge in [0.1, 0.15) is 0 Å². The van der Waals surface area contributed by atoms with Crippen molar-refractivity contribution in [2.75, 3.05) is 12.3 Å². The molecule has 0 aliphatic rings. The lowest BCUT2D eigenvalue weighted by molar-refractivity contribution is 0.0912. The average Bonchev–Trinajstić information content (AvgIpc) is 3.04. The van der Waals surface area contributed by atoms with Gasteiger partial charge in [0.05, 0.1) is 17.5 Å². The van der Waals surface area contributed by atoms with E-state index in [1.165, 1.54) is 11.3 Å². The number of aromatic amines is 1. The molecule has 1 amide bonds. The summed E-state index contributed by atoms with van der Waals surface area (Å²) in [6.45, 7) is 2.05. The van der Waals surface area contributed by atoms with Gasteiger partial charge < -0.3 is 16.2 Å². The fourth-order valence-electron chi connectivity index (χ4n) is 1.68. The summed E-state index contributed by atoms with van der Waals surface area (Å²) in [5, 5.41) is 22.8. The topological polar surface area (TPSA) is 104 Å². The minimum atomic E-state index is -0.721. The van der Waals surface area contributed by atoms with Crippen LogP contribution < -0.4 is 11.1 Å². The first-order valence-corrected chi connectivity index (χ1v) is 6.88. The van der Waals surface area contributed by atoms with Crippen LogP contribution >= 0.6 is 11.3 Å². The molecule has 0 spiro atoms. The van der Waals surface area contributed by atoms with Gasteiger partial charge in [-0.2, -0.15) is 16.4 Å². The standard InChI is InChI=1S/C12H16N4O2S/c1-2-8-10(13)11(16-15-8)12(18)14-5-9(17)7-3-4-19-6-7/h3-4,6,9,17H,2,5,13H2,1H3,(H,14,18)(H,15,16). The highest BCUT2D eigenvalue weighted by Crippen LogP contribution is 2.16. The predicted molar refractivity (Wildman–Crippen MR) is 74.0 cm³/mol. The number of nitrogen functional groups attached to an aromatic ring is 1. The van der Waals surface area contributed by atoms with Crippen LogP contribution in [0.5, 0.6) is 0 Å². The summed E-state index contributed by atoms with van der Waals surface area (Å²) in [6.07, 6.45) is -0.0371. The van der Waals surface area contributed by atoms with Gasteiger partial charge in [0.25, 0.3) is 5.91 Å². The fourth-order valence-corrected chi connectivity index (χ4v) is 2.39. The second-order valence-corrected chi connectivity index (χ2v) is 4.88. The van der Waals surface area contributed by atoms with Gasteiger partial charge in [0.2, 0.25) is 0 Å². The molecule has 2 heterocycles. The Bertz CT molecular complexity index is 550. The zero-order valence-electron chi connectivity index (χ0n) is 10.5. The highest BCUT2D eigenvalue weighted by atomic mass is 32.1. The Hall–Kier alpha value is -1.86. The van der Waals surface area contributed by atoms with Crippen LogP contribution in [0.4, 0.5) is 5.69 Å². The fraction of sp³-hybridized carbons (Fsp3) is 0.333. The van der Waals surface area contributed by atoms with Crippen molar-refractivity contribution in [3.8, 4) is 0 Å². The highest BCUT2D eigenvalue weighted by Gasteiger charge is 2.17. The van der Waals surface area contributed by atoms with Crippen molar-refractivity contribution in [1.29, 1.82) is 0 Å².